The molecule has 25 heavy (non-hydrogen) atoms. The van der Waals surface area contributed by atoms with Gasteiger partial charge >= 0.3 is 0 Å². The van der Waals surface area contributed by atoms with Gasteiger partial charge < -0.3 is 9.64 Å². The maximum atomic E-state index is 12.5. The number of carbonyl (C=O) groups is 1. The van der Waals surface area contributed by atoms with Crippen molar-refractivity contribution in [3.63, 3.8) is 0 Å². The number of nitro benzene ring substituents is 1. The number of nitrogens with zero attached hydrogens (tertiary/aromatic N) is 2. The van der Waals surface area contributed by atoms with Crippen molar-refractivity contribution < 1.29 is 14.5 Å². The fraction of sp³-hybridized carbons (Fsp3) is 0.278. The third-order valence-electron chi connectivity index (χ3n) is 3.98. The molecule has 1 amide bonds. The molecule has 0 atom stereocenters. The van der Waals surface area contributed by atoms with Crippen molar-refractivity contribution in [2.45, 2.75) is 25.4 Å². The van der Waals surface area contributed by atoms with Gasteiger partial charge in [0.05, 0.1) is 9.95 Å². The molecule has 1 saturated carbocycles. The zero-order valence-electron chi connectivity index (χ0n) is 13.4. The third-order valence-corrected chi connectivity index (χ3v) is 4.28. The number of nitro groups is 1. The van der Waals surface area contributed by atoms with Crippen molar-refractivity contribution in [2.24, 2.45) is 0 Å². The summed E-state index contributed by atoms with van der Waals surface area (Å²) in [6.07, 6.45) is 1.99. The van der Waals surface area contributed by atoms with Crippen molar-refractivity contribution in [3.05, 3.63) is 69.2 Å². The first-order chi connectivity index (χ1) is 12.0. The van der Waals surface area contributed by atoms with Gasteiger partial charge in [0, 0.05) is 24.7 Å². The van der Waals surface area contributed by atoms with E-state index in [0.717, 1.165) is 18.4 Å². The maximum absolute atomic E-state index is 12.5. The molecule has 130 valence electrons. The lowest BCUT2D eigenvalue weighted by Crippen LogP contribution is -2.36. The first-order valence-corrected chi connectivity index (χ1v) is 8.32. The molecule has 0 N–H and O–H groups in total. The van der Waals surface area contributed by atoms with Crippen LogP contribution in [0.3, 0.4) is 0 Å². The molecule has 0 bridgehead atoms. The molecule has 2 aromatic rings. The molecule has 0 heterocycles. The van der Waals surface area contributed by atoms with E-state index in [9.17, 15) is 14.9 Å². The Bertz CT molecular complexity index is 778. The number of hydrogen-bond acceptors (Lipinski definition) is 4. The number of ether oxygens (including phenoxy) is 1. The SMILES string of the molecule is O=C(COc1ccc([N+](=O)[O-])cc1Cl)N(Cc1ccccc1)C1CC1. The van der Waals surface area contributed by atoms with Crippen LogP contribution in [0.25, 0.3) is 0 Å². The standard InChI is InChI=1S/C18H17ClN2O4/c19-16-10-15(21(23)24)8-9-17(16)25-12-18(22)20(14-6-7-14)11-13-4-2-1-3-5-13/h1-5,8-10,14H,6-7,11-12H2. The third kappa shape index (κ3) is 4.48. The van der Waals surface area contributed by atoms with Crippen LogP contribution < -0.4 is 4.74 Å². The van der Waals surface area contributed by atoms with Crippen molar-refractivity contribution in [2.75, 3.05) is 6.61 Å². The van der Waals surface area contributed by atoms with E-state index in [1.165, 1.54) is 18.2 Å². The topological polar surface area (TPSA) is 72.7 Å². The highest BCUT2D eigenvalue weighted by Crippen LogP contribution is 2.30. The zero-order chi connectivity index (χ0) is 17.8. The number of non-ortho nitro benzene ring substituents is 1. The maximum Gasteiger partial charge on any atom is 0.271 e. The average molecular weight is 361 g/mol. The Kier molecular flexibility index (Phi) is 5.19. The van der Waals surface area contributed by atoms with Gasteiger partial charge in [-0.15, -0.1) is 0 Å². The monoisotopic (exact) mass is 360 g/mol. The molecule has 1 aliphatic carbocycles. The summed E-state index contributed by atoms with van der Waals surface area (Å²) in [6, 6.07) is 14.0. The Morgan fingerprint density at radius 1 is 1.24 bits per heavy atom. The van der Waals surface area contributed by atoms with Crippen LogP contribution in [0.5, 0.6) is 5.75 Å². The van der Waals surface area contributed by atoms with Gasteiger partial charge in [-0.25, -0.2) is 0 Å². The molecule has 2 aromatic carbocycles. The molecule has 3 rings (SSSR count). The summed E-state index contributed by atoms with van der Waals surface area (Å²) in [6.45, 7) is 0.391. The lowest BCUT2D eigenvalue weighted by Gasteiger charge is -2.22. The molecule has 0 saturated heterocycles. The lowest BCUT2D eigenvalue weighted by atomic mass is 10.2. The number of carbonyl (C=O) groups excluding carboxylic acids is 1. The summed E-state index contributed by atoms with van der Waals surface area (Å²) < 4.78 is 5.48. The first kappa shape index (κ1) is 17.2. The highest BCUT2D eigenvalue weighted by molar-refractivity contribution is 6.32. The first-order valence-electron chi connectivity index (χ1n) is 7.95. The van der Waals surface area contributed by atoms with E-state index in [-0.39, 0.29) is 35.0 Å². The Labute approximate surface area is 150 Å². The van der Waals surface area contributed by atoms with Gasteiger partial charge in [0.25, 0.3) is 11.6 Å². The van der Waals surface area contributed by atoms with Crippen molar-refractivity contribution in [1.82, 2.24) is 4.90 Å². The minimum atomic E-state index is -0.532. The van der Waals surface area contributed by atoms with Gasteiger partial charge in [0.1, 0.15) is 5.75 Å². The largest absolute Gasteiger partial charge is 0.482 e. The second-order valence-corrected chi connectivity index (χ2v) is 6.31. The van der Waals surface area contributed by atoms with Crippen LogP contribution >= 0.6 is 11.6 Å². The number of rotatable bonds is 7. The minimum Gasteiger partial charge on any atom is -0.482 e. The Morgan fingerprint density at radius 3 is 2.56 bits per heavy atom. The molecule has 0 unspecified atom stereocenters. The van der Waals surface area contributed by atoms with Crippen molar-refractivity contribution in [3.8, 4) is 5.75 Å². The average Bonchev–Trinajstić information content (AvgIpc) is 3.44. The Balaban J connectivity index is 1.63. The van der Waals surface area contributed by atoms with E-state index in [1.54, 1.807) is 0 Å². The van der Waals surface area contributed by atoms with Crippen molar-refractivity contribution >= 4 is 23.2 Å². The van der Waals surface area contributed by atoms with Crippen LogP contribution in [0.2, 0.25) is 5.02 Å². The van der Waals surface area contributed by atoms with Gasteiger partial charge in [-0.1, -0.05) is 41.9 Å². The smallest absolute Gasteiger partial charge is 0.271 e. The Hall–Kier alpha value is -2.60. The highest BCUT2D eigenvalue weighted by atomic mass is 35.5. The van der Waals surface area contributed by atoms with Gasteiger partial charge in [-0.05, 0) is 24.5 Å². The van der Waals surface area contributed by atoms with E-state index in [4.69, 9.17) is 16.3 Å². The molecule has 0 radical (unpaired) electrons. The normalized spacial score (nSPS) is 13.3. The molecule has 6 nitrogen and oxygen atoms in total. The van der Waals surface area contributed by atoms with Crippen LogP contribution in [-0.4, -0.2) is 28.4 Å². The van der Waals surface area contributed by atoms with Crippen LogP contribution in [0.15, 0.2) is 48.5 Å². The van der Waals surface area contributed by atoms with Gasteiger partial charge in [0.15, 0.2) is 6.61 Å². The molecule has 7 heteroatoms. The summed E-state index contributed by atoms with van der Waals surface area (Å²) in [7, 11) is 0. The summed E-state index contributed by atoms with van der Waals surface area (Å²) in [5.74, 6) is 0.136. The number of halogens is 1. The molecular formula is C18H17ClN2O4. The number of benzene rings is 2. The van der Waals surface area contributed by atoms with E-state index in [0.29, 0.717) is 6.54 Å². The predicted octanol–water partition coefficient (Wildman–Crippen LogP) is 3.82. The summed E-state index contributed by atoms with van der Waals surface area (Å²) in [5, 5.41) is 10.8. The molecular weight excluding hydrogens is 344 g/mol. The number of hydrogen-bond donors (Lipinski definition) is 0. The van der Waals surface area contributed by atoms with Crippen LogP contribution in [-0.2, 0) is 11.3 Å². The molecule has 1 fully saturated rings. The van der Waals surface area contributed by atoms with Crippen LogP contribution in [0.1, 0.15) is 18.4 Å². The van der Waals surface area contributed by atoms with Gasteiger partial charge in [-0.3, -0.25) is 14.9 Å². The lowest BCUT2D eigenvalue weighted by molar-refractivity contribution is -0.384. The zero-order valence-corrected chi connectivity index (χ0v) is 14.2. The van der Waals surface area contributed by atoms with Crippen molar-refractivity contribution in [1.29, 1.82) is 0 Å². The minimum absolute atomic E-state index is 0.114. The van der Waals surface area contributed by atoms with Gasteiger partial charge in [-0.2, -0.15) is 0 Å². The van der Waals surface area contributed by atoms with E-state index in [2.05, 4.69) is 0 Å². The summed E-state index contributed by atoms with van der Waals surface area (Å²) >= 11 is 5.99. The summed E-state index contributed by atoms with van der Waals surface area (Å²) in [4.78, 5) is 24.5. The van der Waals surface area contributed by atoms with Gasteiger partial charge in [0.2, 0.25) is 0 Å². The Morgan fingerprint density at radius 2 is 1.96 bits per heavy atom. The second-order valence-electron chi connectivity index (χ2n) is 5.90. The fourth-order valence-electron chi connectivity index (χ4n) is 2.53. The molecule has 1 aliphatic rings. The van der Waals surface area contributed by atoms with Crippen LogP contribution in [0, 0.1) is 10.1 Å². The number of amides is 1. The van der Waals surface area contributed by atoms with Crippen LogP contribution in [0.4, 0.5) is 5.69 Å². The quantitative estimate of drug-likeness (QED) is 0.555. The fourth-order valence-corrected chi connectivity index (χ4v) is 2.76. The van der Waals surface area contributed by atoms with E-state index < -0.39 is 4.92 Å². The van der Waals surface area contributed by atoms with E-state index in [1.807, 2.05) is 35.2 Å². The summed E-state index contributed by atoms with van der Waals surface area (Å²) in [5.41, 5.74) is 0.948. The molecule has 0 aromatic heterocycles. The predicted molar refractivity (Wildman–Crippen MR) is 93.6 cm³/mol. The second kappa shape index (κ2) is 7.53. The van der Waals surface area contributed by atoms with E-state index >= 15 is 0 Å². The highest BCUT2D eigenvalue weighted by Gasteiger charge is 2.32. The molecule has 0 aliphatic heterocycles. The molecule has 0 spiro atoms.